The smallest absolute Gasteiger partial charge is 0.257 e. The van der Waals surface area contributed by atoms with Crippen molar-refractivity contribution in [1.82, 2.24) is 10.6 Å². The van der Waals surface area contributed by atoms with Crippen LogP contribution in [0, 0.1) is 0 Å². The van der Waals surface area contributed by atoms with Crippen LogP contribution in [0.5, 0.6) is 11.5 Å². The number of methoxy groups -OCH3 is 1. The molecule has 1 rings (SSSR count). The van der Waals surface area contributed by atoms with E-state index in [2.05, 4.69) is 15.6 Å². The number of nitrogens with one attached hydrogen (secondary N) is 2. The van der Waals surface area contributed by atoms with Crippen LogP contribution < -0.4 is 25.8 Å². The fourth-order valence-corrected chi connectivity index (χ4v) is 1.60. The highest BCUT2D eigenvalue weighted by molar-refractivity contribution is 14.0. The van der Waals surface area contributed by atoms with Gasteiger partial charge in [0, 0.05) is 20.1 Å². The quantitative estimate of drug-likeness (QED) is 0.344. The van der Waals surface area contributed by atoms with Crippen molar-refractivity contribution in [3.05, 3.63) is 23.8 Å². The molecule has 0 aliphatic carbocycles. The van der Waals surface area contributed by atoms with Gasteiger partial charge in [-0.25, -0.2) is 0 Å². The summed E-state index contributed by atoms with van der Waals surface area (Å²) in [4.78, 5) is 15.2. The molecule has 124 valence electrons. The molecule has 4 N–H and O–H groups in total. The number of likely N-dealkylation sites (N-methyl/N-ethyl adjacent to an activating group) is 1. The molecule has 0 heterocycles. The molecule has 0 radical (unpaired) electrons. The topological polar surface area (TPSA) is 98.0 Å². The maximum Gasteiger partial charge on any atom is 0.257 e. The highest BCUT2D eigenvalue weighted by atomic mass is 127. The number of ether oxygens (including phenoxy) is 2. The second-order valence-corrected chi connectivity index (χ2v) is 4.19. The summed E-state index contributed by atoms with van der Waals surface area (Å²) in [5.74, 6) is 1.28. The molecule has 0 fully saturated rings. The fourth-order valence-electron chi connectivity index (χ4n) is 1.60. The third kappa shape index (κ3) is 6.83. The van der Waals surface area contributed by atoms with Crippen LogP contribution in [0.4, 0.5) is 0 Å². The molecule has 0 unspecified atom stereocenters. The molecule has 1 aromatic rings. The summed E-state index contributed by atoms with van der Waals surface area (Å²) in [7, 11) is 3.16. The van der Waals surface area contributed by atoms with Crippen molar-refractivity contribution < 1.29 is 14.3 Å². The molecule has 0 aromatic heterocycles. The summed E-state index contributed by atoms with van der Waals surface area (Å²) >= 11 is 0. The van der Waals surface area contributed by atoms with Crippen LogP contribution in [0.2, 0.25) is 0 Å². The van der Waals surface area contributed by atoms with E-state index in [-0.39, 0.29) is 36.5 Å². The van der Waals surface area contributed by atoms with Crippen molar-refractivity contribution in [1.29, 1.82) is 0 Å². The van der Waals surface area contributed by atoms with Crippen molar-refractivity contribution in [3.8, 4) is 11.5 Å². The van der Waals surface area contributed by atoms with Crippen LogP contribution in [0.1, 0.15) is 12.5 Å². The van der Waals surface area contributed by atoms with Gasteiger partial charge in [0.05, 0.1) is 7.11 Å². The number of rotatable bonds is 7. The summed E-state index contributed by atoms with van der Waals surface area (Å²) in [6.45, 7) is 2.91. The van der Waals surface area contributed by atoms with E-state index >= 15 is 0 Å². The number of halogens is 1. The molecule has 0 aliphatic heterocycles. The fraction of sp³-hybridized carbons (Fsp3) is 0.429. The normalized spacial score (nSPS) is 10.4. The number of carbonyl (C=O) groups is 1. The lowest BCUT2D eigenvalue weighted by Crippen LogP contribution is -2.30. The van der Waals surface area contributed by atoms with Gasteiger partial charge < -0.3 is 25.8 Å². The second-order valence-electron chi connectivity index (χ2n) is 4.19. The van der Waals surface area contributed by atoms with Crippen LogP contribution in [-0.2, 0) is 11.3 Å². The molecule has 0 aliphatic rings. The van der Waals surface area contributed by atoms with Crippen LogP contribution in [0.3, 0.4) is 0 Å². The van der Waals surface area contributed by atoms with Crippen molar-refractivity contribution in [2.75, 3.05) is 27.3 Å². The molecule has 1 aromatic carbocycles. The second kappa shape index (κ2) is 10.9. The van der Waals surface area contributed by atoms with Gasteiger partial charge in [0.1, 0.15) is 0 Å². The third-order valence-electron chi connectivity index (χ3n) is 2.68. The molecule has 1 amide bonds. The number of nitrogens with zero attached hydrogens (tertiary/aromatic N) is 1. The van der Waals surface area contributed by atoms with E-state index in [1.807, 2.05) is 19.1 Å². The van der Waals surface area contributed by atoms with Gasteiger partial charge in [-0.3, -0.25) is 9.79 Å². The monoisotopic (exact) mass is 422 g/mol. The van der Waals surface area contributed by atoms with Crippen molar-refractivity contribution in [2.24, 2.45) is 10.7 Å². The van der Waals surface area contributed by atoms with Gasteiger partial charge >= 0.3 is 0 Å². The standard InChI is InChI=1S/C14H22N4O3.HI/c1-4-17-13(19)9-21-11-6-5-10(7-12(11)20-3)8-18-14(15)16-2;/h5-7H,4,8-9H2,1-3H3,(H,17,19)(H3,15,16,18);1H. The number of amides is 1. The van der Waals surface area contributed by atoms with Crippen molar-refractivity contribution in [2.45, 2.75) is 13.5 Å². The largest absolute Gasteiger partial charge is 0.493 e. The number of hydrogen-bond acceptors (Lipinski definition) is 4. The van der Waals surface area contributed by atoms with Crippen LogP contribution in [0.15, 0.2) is 23.2 Å². The minimum Gasteiger partial charge on any atom is -0.493 e. The Morgan fingerprint density at radius 2 is 2.05 bits per heavy atom. The molecule has 22 heavy (non-hydrogen) atoms. The molecule has 8 heteroatoms. The average Bonchev–Trinajstić information content (AvgIpc) is 2.51. The van der Waals surface area contributed by atoms with E-state index in [1.54, 1.807) is 20.2 Å². The zero-order chi connectivity index (χ0) is 15.7. The zero-order valence-corrected chi connectivity index (χ0v) is 15.3. The first-order chi connectivity index (χ1) is 10.1. The lowest BCUT2D eigenvalue weighted by atomic mass is 10.2. The Hall–Kier alpha value is -1.71. The summed E-state index contributed by atoms with van der Waals surface area (Å²) in [6.07, 6.45) is 0. The SMILES string of the molecule is CCNC(=O)COc1ccc(CNC(N)=NC)cc1OC.I. The Morgan fingerprint density at radius 1 is 1.32 bits per heavy atom. The van der Waals surface area contributed by atoms with Gasteiger partial charge in [-0.15, -0.1) is 24.0 Å². The van der Waals surface area contributed by atoms with Crippen LogP contribution in [-0.4, -0.2) is 39.2 Å². The van der Waals surface area contributed by atoms with Gasteiger partial charge in [0.15, 0.2) is 24.1 Å². The summed E-state index contributed by atoms with van der Waals surface area (Å²) < 4.78 is 10.7. The zero-order valence-electron chi connectivity index (χ0n) is 13.0. The van der Waals surface area contributed by atoms with Gasteiger partial charge in [0.25, 0.3) is 5.91 Å². The summed E-state index contributed by atoms with van der Waals surface area (Å²) in [5, 5.41) is 5.62. The number of carbonyl (C=O) groups excluding carboxylic acids is 1. The molecule has 0 saturated heterocycles. The lowest BCUT2D eigenvalue weighted by Gasteiger charge is -2.12. The number of aliphatic imine (C=N–C) groups is 1. The predicted molar refractivity (Wildman–Crippen MR) is 97.0 cm³/mol. The minimum atomic E-state index is -0.169. The Labute approximate surface area is 147 Å². The maximum absolute atomic E-state index is 11.4. The van der Waals surface area contributed by atoms with E-state index in [0.29, 0.717) is 30.5 Å². The van der Waals surface area contributed by atoms with E-state index in [1.165, 1.54) is 0 Å². The minimum absolute atomic E-state index is 0. The van der Waals surface area contributed by atoms with Crippen LogP contribution >= 0.6 is 24.0 Å². The van der Waals surface area contributed by atoms with Gasteiger partial charge in [0.2, 0.25) is 0 Å². The summed E-state index contributed by atoms with van der Waals surface area (Å²) in [6, 6.07) is 5.45. The van der Waals surface area contributed by atoms with Gasteiger partial charge in [-0.1, -0.05) is 6.07 Å². The lowest BCUT2D eigenvalue weighted by molar-refractivity contribution is -0.123. The first-order valence-electron chi connectivity index (χ1n) is 6.63. The Morgan fingerprint density at radius 3 is 2.64 bits per heavy atom. The van der Waals surface area contributed by atoms with E-state index < -0.39 is 0 Å². The summed E-state index contributed by atoms with van der Waals surface area (Å²) in [5.41, 5.74) is 6.53. The first kappa shape index (κ1) is 20.3. The number of guanidine groups is 1. The predicted octanol–water partition coefficient (Wildman–Crippen LogP) is 0.862. The van der Waals surface area contributed by atoms with Gasteiger partial charge in [-0.05, 0) is 24.6 Å². The highest BCUT2D eigenvalue weighted by Gasteiger charge is 2.08. The average molecular weight is 422 g/mol. The van der Waals surface area contributed by atoms with Crippen LogP contribution in [0.25, 0.3) is 0 Å². The number of benzene rings is 1. The molecular formula is C14H23IN4O3. The number of hydrogen-bond donors (Lipinski definition) is 3. The van der Waals surface area contributed by atoms with E-state index in [4.69, 9.17) is 15.2 Å². The Balaban J connectivity index is 0.00000441. The first-order valence-corrected chi connectivity index (χ1v) is 6.63. The Kier molecular flexibility index (Phi) is 10.1. The van der Waals surface area contributed by atoms with Gasteiger partial charge in [-0.2, -0.15) is 0 Å². The molecule has 0 spiro atoms. The van der Waals surface area contributed by atoms with Crippen molar-refractivity contribution >= 4 is 35.8 Å². The van der Waals surface area contributed by atoms with E-state index in [9.17, 15) is 4.79 Å². The molecule has 0 saturated carbocycles. The van der Waals surface area contributed by atoms with E-state index in [0.717, 1.165) is 5.56 Å². The van der Waals surface area contributed by atoms with Crippen molar-refractivity contribution in [3.63, 3.8) is 0 Å². The molecule has 0 bridgehead atoms. The number of nitrogens with two attached hydrogens (primary N) is 1. The molecule has 0 atom stereocenters. The highest BCUT2D eigenvalue weighted by Crippen LogP contribution is 2.27. The maximum atomic E-state index is 11.4. The molecule has 7 nitrogen and oxygen atoms in total. The third-order valence-corrected chi connectivity index (χ3v) is 2.68. The molecular weight excluding hydrogens is 399 g/mol. The Bertz CT molecular complexity index is 509.